The van der Waals surface area contributed by atoms with Crippen LogP contribution in [-0.4, -0.2) is 24.3 Å². The second kappa shape index (κ2) is 8.05. The Morgan fingerprint density at radius 2 is 2.15 bits per heavy atom. The Morgan fingerprint density at radius 3 is 2.62 bits per heavy atom. The number of carboxylic acids is 1. The SMILES string of the molecule is CCCC[C@@H](CC)COCC(=O)O. The Hall–Kier alpha value is -0.570. The maximum atomic E-state index is 10.2. The van der Waals surface area contributed by atoms with E-state index in [1.165, 1.54) is 12.8 Å². The molecule has 0 aromatic carbocycles. The minimum Gasteiger partial charge on any atom is -0.480 e. The molecule has 0 saturated carbocycles. The van der Waals surface area contributed by atoms with Crippen LogP contribution in [0.2, 0.25) is 0 Å². The standard InChI is InChI=1S/C10H20O3/c1-3-5-6-9(4-2)7-13-8-10(11)12/h9H,3-8H2,1-2H3,(H,11,12)/t9-/m1/s1. The monoisotopic (exact) mass is 188 g/mol. The van der Waals surface area contributed by atoms with Crippen LogP contribution in [0.4, 0.5) is 0 Å². The average Bonchev–Trinajstić information content (AvgIpc) is 2.10. The van der Waals surface area contributed by atoms with Crippen LogP contribution in [0.3, 0.4) is 0 Å². The van der Waals surface area contributed by atoms with Crippen LogP contribution < -0.4 is 0 Å². The molecule has 3 nitrogen and oxygen atoms in total. The molecule has 1 N–H and O–H groups in total. The van der Waals surface area contributed by atoms with E-state index in [1.54, 1.807) is 0 Å². The minimum absolute atomic E-state index is 0.164. The molecule has 0 aromatic rings. The number of carboxylic acid groups (broad SMARTS) is 1. The minimum atomic E-state index is -0.884. The lowest BCUT2D eigenvalue weighted by Gasteiger charge is -2.13. The van der Waals surface area contributed by atoms with Crippen molar-refractivity contribution in [3.8, 4) is 0 Å². The Kier molecular flexibility index (Phi) is 7.69. The fourth-order valence-corrected chi connectivity index (χ4v) is 1.21. The van der Waals surface area contributed by atoms with Crippen LogP contribution in [-0.2, 0) is 9.53 Å². The van der Waals surface area contributed by atoms with E-state index in [0.29, 0.717) is 12.5 Å². The lowest BCUT2D eigenvalue weighted by molar-refractivity contribution is -0.142. The van der Waals surface area contributed by atoms with Gasteiger partial charge in [-0.25, -0.2) is 4.79 Å². The first-order valence-electron chi connectivity index (χ1n) is 5.00. The highest BCUT2D eigenvalue weighted by molar-refractivity contribution is 5.67. The van der Waals surface area contributed by atoms with Crippen LogP contribution in [0.25, 0.3) is 0 Å². The van der Waals surface area contributed by atoms with E-state index in [1.807, 2.05) is 0 Å². The first-order chi connectivity index (χ1) is 6.20. The molecular weight excluding hydrogens is 168 g/mol. The van der Waals surface area contributed by atoms with E-state index < -0.39 is 5.97 Å². The zero-order chi connectivity index (χ0) is 10.1. The topological polar surface area (TPSA) is 46.5 Å². The largest absolute Gasteiger partial charge is 0.480 e. The molecule has 0 amide bonds. The van der Waals surface area contributed by atoms with E-state index in [2.05, 4.69) is 13.8 Å². The summed E-state index contributed by atoms with van der Waals surface area (Å²) in [6, 6.07) is 0. The van der Waals surface area contributed by atoms with E-state index in [0.717, 1.165) is 12.8 Å². The van der Waals surface area contributed by atoms with Gasteiger partial charge in [0.1, 0.15) is 6.61 Å². The molecule has 0 aliphatic heterocycles. The van der Waals surface area contributed by atoms with Crippen LogP contribution in [0.15, 0.2) is 0 Å². The van der Waals surface area contributed by atoms with Crippen molar-refractivity contribution >= 4 is 5.97 Å². The van der Waals surface area contributed by atoms with Gasteiger partial charge in [-0.05, 0) is 12.3 Å². The molecule has 3 heteroatoms. The van der Waals surface area contributed by atoms with Gasteiger partial charge in [-0.1, -0.05) is 33.1 Å². The molecule has 0 unspecified atom stereocenters. The van der Waals surface area contributed by atoms with Crippen LogP contribution in [0.5, 0.6) is 0 Å². The van der Waals surface area contributed by atoms with Gasteiger partial charge in [-0.15, -0.1) is 0 Å². The summed E-state index contributed by atoms with van der Waals surface area (Å²) < 4.78 is 5.05. The summed E-state index contributed by atoms with van der Waals surface area (Å²) in [4.78, 5) is 10.2. The molecule has 0 aliphatic carbocycles. The summed E-state index contributed by atoms with van der Waals surface area (Å²) in [6.07, 6.45) is 4.61. The lowest BCUT2D eigenvalue weighted by atomic mass is 10.0. The van der Waals surface area contributed by atoms with Gasteiger partial charge >= 0.3 is 5.97 Å². The zero-order valence-electron chi connectivity index (χ0n) is 8.58. The average molecular weight is 188 g/mol. The van der Waals surface area contributed by atoms with Gasteiger partial charge in [0, 0.05) is 0 Å². The third-order valence-corrected chi connectivity index (χ3v) is 2.12. The highest BCUT2D eigenvalue weighted by atomic mass is 16.5. The molecule has 0 radical (unpaired) electrons. The predicted molar refractivity (Wildman–Crippen MR) is 51.8 cm³/mol. The fourth-order valence-electron chi connectivity index (χ4n) is 1.21. The summed E-state index contributed by atoms with van der Waals surface area (Å²) >= 11 is 0. The van der Waals surface area contributed by atoms with E-state index in [4.69, 9.17) is 9.84 Å². The fraction of sp³-hybridized carbons (Fsp3) is 0.900. The van der Waals surface area contributed by atoms with E-state index in [9.17, 15) is 4.79 Å². The summed E-state index contributed by atoms with van der Waals surface area (Å²) in [5.41, 5.74) is 0. The van der Waals surface area contributed by atoms with Crippen molar-refractivity contribution in [2.75, 3.05) is 13.2 Å². The van der Waals surface area contributed by atoms with Crippen molar-refractivity contribution in [2.45, 2.75) is 39.5 Å². The maximum absolute atomic E-state index is 10.2. The normalized spacial score (nSPS) is 12.8. The summed E-state index contributed by atoms with van der Waals surface area (Å²) in [7, 11) is 0. The van der Waals surface area contributed by atoms with Gasteiger partial charge < -0.3 is 9.84 Å². The highest BCUT2D eigenvalue weighted by Crippen LogP contribution is 2.12. The third-order valence-electron chi connectivity index (χ3n) is 2.12. The lowest BCUT2D eigenvalue weighted by Crippen LogP contribution is -2.14. The van der Waals surface area contributed by atoms with Gasteiger partial charge in [0.2, 0.25) is 0 Å². The predicted octanol–water partition coefficient (Wildman–Crippen LogP) is 2.30. The van der Waals surface area contributed by atoms with Crippen molar-refractivity contribution in [2.24, 2.45) is 5.92 Å². The molecule has 0 bridgehead atoms. The number of ether oxygens (including phenoxy) is 1. The van der Waals surface area contributed by atoms with Crippen molar-refractivity contribution in [3.63, 3.8) is 0 Å². The molecule has 13 heavy (non-hydrogen) atoms. The first-order valence-corrected chi connectivity index (χ1v) is 5.00. The number of hydrogen-bond acceptors (Lipinski definition) is 2. The van der Waals surface area contributed by atoms with E-state index in [-0.39, 0.29) is 6.61 Å². The number of rotatable bonds is 8. The molecule has 0 aromatic heterocycles. The van der Waals surface area contributed by atoms with Gasteiger partial charge in [-0.3, -0.25) is 0 Å². The summed E-state index contributed by atoms with van der Waals surface area (Å²) in [5.74, 6) is -0.357. The molecule has 0 saturated heterocycles. The number of aliphatic carboxylic acids is 1. The molecule has 78 valence electrons. The molecule has 0 rings (SSSR count). The van der Waals surface area contributed by atoms with Gasteiger partial charge in [0.05, 0.1) is 6.61 Å². The number of unbranched alkanes of at least 4 members (excludes halogenated alkanes) is 1. The van der Waals surface area contributed by atoms with Gasteiger partial charge in [-0.2, -0.15) is 0 Å². The van der Waals surface area contributed by atoms with Crippen LogP contribution >= 0.6 is 0 Å². The molecule has 1 atom stereocenters. The second-order valence-electron chi connectivity index (χ2n) is 3.33. The van der Waals surface area contributed by atoms with Crippen molar-refractivity contribution in [3.05, 3.63) is 0 Å². The van der Waals surface area contributed by atoms with Crippen molar-refractivity contribution < 1.29 is 14.6 Å². The van der Waals surface area contributed by atoms with Crippen molar-refractivity contribution in [1.29, 1.82) is 0 Å². The summed E-state index contributed by atoms with van der Waals surface area (Å²) in [6.45, 7) is 4.70. The zero-order valence-corrected chi connectivity index (χ0v) is 8.58. The third kappa shape index (κ3) is 7.78. The Labute approximate surface area is 80.1 Å². The maximum Gasteiger partial charge on any atom is 0.329 e. The Balaban J connectivity index is 3.41. The first kappa shape index (κ1) is 12.4. The van der Waals surface area contributed by atoms with Gasteiger partial charge in [0.15, 0.2) is 0 Å². The highest BCUT2D eigenvalue weighted by Gasteiger charge is 2.06. The molecule has 0 heterocycles. The smallest absolute Gasteiger partial charge is 0.329 e. The quantitative estimate of drug-likeness (QED) is 0.635. The number of carbonyl (C=O) groups is 1. The molecule has 0 aliphatic rings. The van der Waals surface area contributed by atoms with E-state index >= 15 is 0 Å². The Morgan fingerprint density at radius 1 is 1.46 bits per heavy atom. The number of hydrogen-bond donors (Lipinski definition) is 1. The second-order valence-corrected chi connectivity index (χ2v) is 3.33. The van der Waals surface area contributed by atoms with Gasteiger partial charge in [0.25, 0.3) is 0 Å². The molecule has 0 spiro atoms. The summed E-state index contributed by atoms with van der Waals surface area (Å²) in [5, 5.41) is 8.35. The van der Waals surface area contributed by atoms with Crippen molar-refractivity contribution in [1.82, 2.24) is 0 Å². The molecule has 0 fully saturated rings. The molecular formula is C10H20O3. The van der Waals surface area contributed by atoms with Crippen LogP contribution in [0, 0.1) is 5.92 Å². The van der Waals surface area contributed by atoms with Crippen LogP contribution in [0.1, 0.15) is 39.5 Å². The Bertz CT molecular complexity index is 134.